The molecule has 0 bridgehead atoms. The highest BCUT2D eigenvalue weighted by molar-refractivity contribution is 5.69. The molecule has 1 aliphatic heterocycles. The van der Waals surface area contributed by atoms with Crippen LogP contribution in [0.25, 0.3) is 0 Å². The lowest BCUT2D eigenvalue weighted by Crippen LogP contribution is -2.28. The lowest BCUT2D eigenvalue weighted by Gasteiger charge is -2.20. The van der Waals surface area contributed by atoms with Crippen LogP contribution in [-0.4, -0.2) is 37.1 Å². The minimum atomic E-state index is -0.0567. The molecule has 0 spiro atoms. The molecule has 0 amide bonds. The van der Waals surface area contributed by atoms with Gasteiger partial charge in [0.1, 0.15) is 0 Å². The molecule has 0 radical (unpaired) electrons. The van der Waals surface area contributed by atoms with Gasteiger partial charge in [0.05, 0.1) is 13.0 Å². The Balaban J connectivity index is 2.16. The fraction of sp³-hybridized carbons (Fsp3) is 0.824. The third-order valence-electron chi connectivity index (χ3n) is 3.95. The molecule has 0 aromatic carbocycles. The van der Waals surface area contributed by atoms with E-state index in [9.17, 15) is 4.79 Å². The van der Waals surface area contributed by atoms with Gasteiger partial charge in [-0.25, -0.2) is 0 Å². The van der Waals surface area contributed by atoms with Crippen molar-refractivity contribution in [2.75, 3.05) is 26.2 Å². The molecule has 1 aliphatic rings. The summed E-state index contributed by atoms with van der Waals surface area (Å²) in [6.07, 6.45) is 7.12. The molecule has 1 heterocycles. The number of likely N-dealkylation sites (tertiary alicyclic amines) is 1. The van der Waals surface area contributed by atoms with Gasteiger partial charge in [0, 0.05) is 6.54 Å². The van der Waals surface area contributed by atoms with Gasteiger partial charge in [0.15, 0.2) is 0 Å². The zero-order valence-corrected chi connectivity index (χ0v) is 13.5. The average molecular weight is 281 g/mol. The average Bonchev–Trinajstić information content (AvgIpc) is 2.59. The topological polar surface area (TPSA) is 29.5 Å². The fourth-order valence-electron chi connectivity index (χ4n) is 2.43. The Morgan fingerprint density at radius 3 is 2.75 bits per heavy atom. The first-order chi connectivity index (χ1) is 9.40. The van der Waals surface area contributed by atoms with Crippen molar-refractivity contribution in [2.45, 2.75) is 52.9 Å². The molecular formula is C17H31NO2. The van der Waals surface area contributed by atoms with Crippen molar-refractivity contribution in [3.8, 4) is 0 Å². The van der Waals surface area contributed by atoms with E-state index in [2.05, 4.69) is 38.3 Å². The Morgan fingerprint density at radius 2 is 2.10 bits per heavy atom. The Bertz CT molecular complexity index is 307. The first-order valence-corrected chi connectivity index (χ1v) is 7.91. The van der Waals surface area contributed by atoms with Crippen molar-refractivity contribution >= 4 is 5.97 Å². The summed E-state index contributed by atoms with van der Waals surface area (Å²) in [5, 5.41) is 0. The van der Waals surface area contributed by atoms with Crippen LogP contribution in [-0.2, 0) is 9.53 Å². The predicted molar refractivity (Wildman–Crippen MR) is 83.6 cm³/mol. The van der Waals surface area contributed by atoms with Gasteiger partial charge in [0.25, 0.3) is 0 Å². The van der Waals surface area contributed by atoms with Crippen molar-refractivity contribution in [1.29, 1.82) is 0 Å². The zero-order chi connectivity index (χ0) is 15.0. The second-order valence-electron chi connectivity index (χ2n) is 7.05. The molecule has 1 atom stereocenters. The number of rotatable bonds is 6. The molecule has 3 nitrogen and oxygen atoms in total. The number of esters is 1. The summed E-state index contributed by atoms with van der Waals surface area (Å²) < 4.78 is 5.30. The molecule has 0 aromatic heterocycles. The van der Waals surface area contributed by atoms with Crippen LogP contribution >= 0.6 is 0 Å². The van der Waals surface area contributed by atoms with Crippen LogP contribution in [0, 0.1) is 11.3 Å². The van der Waals surface area contributed by atoms with Gasteiger partial charge in [-0.05, 0) is 50.1 Å². The van der Waals surface area contributed by atoms with Gasteiger partial charge in [-0.15, -0.1) is 6.58 Å². The molecule has 1 unspecified atom stereocenters. The molecule has 116 valence electrons. The van der Waals surface area contributed by atoms with E-state index in [4.69, 9.17) is 4.74 Å². The van der Waals surface area contributed by atoms with Crippen molar-refractivity contribution in [3.05, 3.63) is 12.7 Å². The third kappa shape index (κ3) is 7.68. The zero-order valence-electron chi connectivity index (χ0n) is 13.5. The van der Waals surface area contributed by atoms with Crippen molar-refractivity contribution < 1.29 is 9.53 Å². The Labute approximate surface area is 124 Å². The van der Waals surface area contributed by atoms with E-state index < -0.39 is 0 Å². The summed E-state index contributed by atoms with van der Waals surface area (Å²) in [4.78, 5) is 14.1. The maximum atomic E-state index is 11.7. The van der Waals surface area contributed by atoms with Crippen LogP contribution in [0.2, 0.25) is 0 Å². The Kier molecular flexibility index (Phi) is 7.28. The maximum absolute atomic E-state index is 11.7. The molecule has 1 fully saturated rings. The molecule has 0 aromatic rings. The van der Waals surface area contributed by atoms with Gasteiger partial charge in [0.2, 0.25) is 0 Å². The SMILES string of the molecule is C=CC1CCCN(CCC(=O)OCCC(C)(C)C)CC1. The molecule has 1 rings (SSSR count). The summed E-state index contributed by atoms with van der Waals surface area (Å²) in [6, 6.07) is 0. The fourth-order valence-corrected chi connectivity index (χ4v) is 2.43. The summed E-state index contributed by atoms with van der Waals surface area (Å²) in [7, 11) is 0. The first-order valence-electron chi connectivity index (χ1n) is 7.91. The van der Waals surface area contributed by atoms with Gasteiger partial charge in [-0.2, -0.15) is 0 Å². The van der Waals surface area contributed by atoms with Crippen molar-refractivity contribution in [2.24, 2.45) is 11.3 Å². The van der Waals surface area contributed by atoms with Crippen LogP contribution in [0.5, 0.6) is 0 Å². The summed E-state index contributed by atoms with van der Waals surface area (Å²) in [5.41, 5.74) is 0.227. The van der Waals surface area contributed by atoms with E-state index in [-0.39, 0.29) is 11.4 Å². The van der Waals surface area contributed by atoms with Crippen LogP contribution in [0.1, 0.15) is 52.9 Å². The second-order valence-corrected chi connectivity index (χ2v) is 7.05. The van der Waals surface area contributed by atoms with E-state index >= 15 is 0 Å². The largest absolute Gasteiger partial charge is 0.466 e. The predicted octanol–water partition coefficient (Wildman–Crippen LogP) is 3.64. The summed E-state index contributed by atoms with van der Waals surface area (Å²) in [5.74, 6) is 0.595. The van der Waals surface area contributed by atoms with Crippen LogP contribution < -0.4 is 0 Å². The third-order valence-corrected chi connectivity index (χ3v) is 3.95. The standard InChI is InChI=1S/C17H31NO2/c1-5-15-7-6-11-18(12-8-15)13-9-16(19)20-14-10-17(2,3)4/h5,15H,1,6-14H2,2-4H3. The van der Waals surface area contributed by atoms with E-state index in [1.54, 1.807) is 0 Å². The molecule has 0 N–H and O–H groups in total. The first kappa shape index (κ1) is 17.2. The quantitative estimate of drug-likeness (QED) is 0.550. The minimum absolute atomic E-state index is 0.0567. The van der Waals surface area contributed by atoms with Crippen LogP contribution in [0.3, 0.4) is 0 Å². The van der Waals surface area contributed by atoms with Gasteiger partial charge < -0.3 is 9.64 Å². The van der Waals surface area contributed by atoms with Gasteiger partial charge in [-0.3, -0.25) is 4.79 Å². The van der Waals surface area contributed by atoms with Crippen LogP contribution in [0.4, 0.5) is 0 Å². The Morgan fingerprint density at radius 1 is 1.35 bits per heavy atom. The van der Waals surface area contributed by atoms with E-state index in [0.717, 1.165) is 26.1 Å². The number of hydrogen-bond donors (Lipinski definition) is 0. The highest BCUT2D eigenvalue weighted by atomic mass is 16.5. The molecule has 3 heteroatoms. The number of carbonyl (C=O) groups is 1. The maximum Gasteiger partial charge on any atom is 0.307 e. The summed E-state index contributed by atoms with van der Waals surface area (Å²) >= 11 is 0. The monoisotopic (exact) mass is 281 g/mol. The molecular weight excluding hydrogens is 250 g/mol. The minimum Gasteiger partial charge on any atom is -0.466 e. The number of nitrogens with zero attached hydrogens (tertiary/aromatic N) is 1. The molecule has 0 aliphatic carbocycles. The molecule has 1 saturated heterocycles. The number of allylic oxidation sites excluding steroid dienone is 1. The highest BCUT2D eigenvalue weighted by Crippen LogP contribution is 2.19. The lowest BCUT2D eigenvalue weighted by molar-refractivity contribution is -0.144. The van der Waals surface area contributed by atoms with E-state index in [1.807, 2.05) is 0 Å². The van der Waals surface area contributed by atoms with Crippen LogP contribution in [0.15, 0.2) is 12.7 Å². The van der Waals surface area contributed by atoms with E-state index in [0.29, 0.717) is 18.9 Å². The normalized spacial score (nSPS) is 21.2. The second kappa shape index (κ2) is 8.46. The lowest BCUT2D eigenvalue weighted by atomic mass is 9.93. The summed E-state index contributed by atoms with van der Waals surface area (Å²) in [6.45, 7) is 13.9. The van der Waals surface area contributed by atoms with Gasteiger partial charge in [-0.1, -0.05) is 26.8 Å². The number of ether oxygens (including phenoxy) is 1. The smallest absolute Gasteiger partial charge is 0.307 e. The number of hydrogen-bond acceptors (Lipinski definition) is 3. The van der Waals surface area contributed by atoms with Crippen molar-refractivity contribution in [3.63, 3.8) is 0 Å². The van der Waals surface area contributed by atoms with Crippen molar-refractivity contribution in [1.82, 2.24) is 4.90 Å². The van der Waals surface area contributed by atoms with E-state index in [1.165, 1.54) is 19.3 Å². The Hall–Kier alpha value is -0.830. The number of carbonyl (C=O) groups excluding carboxylic acids is 1. The molecule has 0 saturated carbocycles. The highest BCUT2D eigenvalue weighted by Gasteiger charge is 2.16. The van der Waals surface area contributed by atoms with Gasteiger partial charge >= 0.3 is 5.97 Å². The molecule has 20 heavy (non-hydrogen) atoms.